The van der Waals surface area contributed by atoms with E-state index in [-0.39, 0.29) is 62.9 Å². The maximum absolute atomic E-state index is 11.4. The van der Waals surface area contributed by atoms with Gasteiger partial charge >= 0.3 is 23.9 Å². The van der Waals surface area contributed by atoms with Gasteiger partial charge in [0, 0.05) is 50.7 Å². The molecule has 2 atom stereocenters. The van der Waals surface area contributed by atoms with E-state index in [2.05, 4.69) is 79.9 Å². The van der Waals surface area contributed by atoms with Crippen LogP contribution in [0.25, 0.3) is 0 Å². The van der Waals surface area contributed by atoms with Crippen LogP contribution in [-0.2, 0) is 70.7 Å². The van der Waals surface area contributed by atoms with Crippen LogP contribution in [0.4, 0.5) is 0 Å². The van der Waals surface area contributed by atoms with Crippen LogP contribution in [0.3, 0.4) is 0 Å². The molecule has 6 amide bonds. The number of carbonyl (C=O) groups is 10. The van der Waals surface area contributed by atoms with E-state index in [4.69, 9.17) is 20.7 Å². The fourth-order valence-corrected chi connectivity index (χ4v) is 5.67. The summed E-state index contributed by atoms with van der Waals surface area (Å²) in [6.45, 7) is 18.5. The Kier molecular flexibility index (Phi) is 108. The van der Waals surface area contributed by atoms with Crippen molar-refractivity contribution in [1.82, 2.24) is 21.3 Å². The molecule has 0 saturated carbocycles. The maximum Gasteiger partial charge on any atom is 0.328 e. The first-order chi connectivity index (χ1) is 34.0. The number of primary amides is 2. The second-order valence-corrected chi connectivity index (χ2v) is 15.2. The third-order valence-corrected chi connectivity index (χ3v) is 9.25. The quantitative estimate of drug-likeness (QED) is 0.0146. The summed E-state index contributed by atoms with van der Waals surface area (Å²) in [5.41, 5.74) is 9.04. The zero-order valence-electron chi connectivity index (χ0n) is 45.5. The number of unbranched alkanes of at least 4 members (excludes halogenated alkanes) is 4. The Morgan fingerprint density at radius 2 is 0.986 bits per heavy atom. The van der Waals surface area contributed by atoms with E-state index in [0.29, 0.717) is 50.2 Å². The minimum atomic E-state index is -0.796. The van der Waals surface area contributed by atoms with Crippen LogP contribution in [0, 0.1) is 0 Å². The van der Waals surface area contributed by atoms with E-state index >= 15 is 0 Å². The van der Waals surface area contributed by atoms with Gasteiger partial charge in [0.15, 0.2) is 0 Å². The number of nitrogens with one attached hydrogen (secondary N) is 4. The molecule has 26 heteroatoms. The summed E-state index contributed by atoms with van der Waals surface area (Å²) in [7, 11) is 10.5. The number of halogens is 1. The molecular weight excluding hydrogens is 1040 g/mol. The number of hydrogen-bond donors (Lipinski definition) is 7. The molecule has 0 aromatic heterocycles. The summed E-state index contributed by atoms with van der Waals surface area (Å²) in [4.78, 5) is 107. The lowest BCUT2D eigenvalue weighted by atomic mass is 10.1. The molecule has 0 aliphatic heterocycles. The second kappa shape index (κ2) is 85.6. The number of hydrogen-bond acceptors (Lipinski definition) is 18. The first kappa shape index (κ1) is 89.6. The van der Waals surface area contributed by atoms with Gasteiger partial charge in [-0.3, -0.25) is 38.4 Å². The molecule has 0 bridgehead atoms. The van der Waals surface area contributed by atoms with Gasteiger partial charge in [-0.25, -0.2) is 9.59 Å². The molecule has 23 nitrogen and oxygen atoms in total. The van der Waals surface area contributed by atoms with Crippen molar-refractivity contribution in [1.29, 1.82) is 0 Å². The minimum Gasteiger partial charge on any atom is -0.468 e. The van der Waals surface area contributed by atoms with E-state index < -0.39 is 41.9 Å². The predicted molar refractivity (Wildman–Crippen MR) is 287 cm³/mol. The number of methoxy groups -OCH3 is 4. The van der Waals surface area contributed by atoms with E-state index in [1.165, 1.54) is 75.7 Å². The van der Waals surface area contributed by atoms with Gasteiger partial charge in [0.2, 0.25) is 36.4 Å². The zero-order valence-corrected chi connectivity index (χ0v) is 48.7. The number of rotatable bonds is 28. The Balaban J connectivity index is -0.0000000840. The predicted octanol–water partition coefficient (Wildman–Crippen LogP) is 3.92. The number of aliphatic hydroxyl groups is 1. The Morgan fingerprint density at radius 1 is 0.606 bits per heavy atom. The first-order valence-corrected chi connectivity index (χ1v) is 26.4. The minimum absolute atomic E-state index is 0.0284. The molecule has 0 saturated heterocycles. The highest BCUT2D eigenvalue weighted by molar-refractivity contribution is 9.06. The summed E-state index contributed by atoms with van der Waals surface area (Å²) < 4.78 is 21.8. The molecule has 0 fully saturated rings. The Bertz CT molecular complexity index is 1180. The molecule has 0 aliphatic carbocycles. The zero-order chi connectivity index (χ0) is 57.7. The number of amides is 6. The monoisotopic (exact) mass is 1140 g/mol. The van der Waals surface area contributed by atoms with Crippen molar-refractivity contribution in [3.63, 3.8) is 0 Å². The maximum atomic E-state index is 11.4. The summed E-state index contributed by atoms with van der Waals surface area (Å²) in [6, 6.07) is -1.33. The van der Waals surface area contributed by atoms with Crippen molar-refractivity contribution < 1.29 is 80.9 Å². The van der Waals surface area contributed by atoms with Crippen molar-refractivity contribution in [2.45, 2.75) is 158 Å². The standard InChI is InChI=1S/C12H20N2O6S2.C11H21NO4.C7H12N2O4.C6H14.3C2H6.CH3BrO.CH3NO.CH4O/c1-19-11(17)7-13-9(15)3-5-21-22-6-4-10(16)14-8-12(18)20-2;1-3-6-9(11(15)16-2)12-10(14)7-4-5-8-13;1-13-7(12)5(9-4-10)2-3-6(8)11;1-3-5-6-4-2;3*1-2;1-3-2;2-1-3;1-2/h3-8H2,1-2H3,(H,13,15)(H,14,16);9,13H,3-8H2,1-2H3,(H,12,14);4-5H,2-3H2,1H3,(H2,8,11)(H,9,10);3-6H2,1-2H3;3*1-2H3;1H3;1H,(H2,2,3);2H,1H3/p+1. The molecule has 11 N–H and O–H groups in total. The number of nitrogens with two attached hydrogens (primary N) is 2. The SMILES string of the molecule is CC.CC.CC.CCCC(NC(=O)CCCC[OH2+])C(=O)OC.CCCCCC.CO.COBr.COC(=O)C(CCC(N)=O)NC=O.COC(=O)CNC(=O)CCSSCCC(=O)NCC(=O)OC.NC=O. The number of ether oxygens (including phenoxy) is 4. The fourth-order valence-electron chi connectivity index (χ4n) is 3.69. The van der Waals surface area contributed by atoms with Crippen LogP contribution >= 0.6 is 37.8 Å². The highest BCUT2D eigenvalue weighted by Crippen LogP contribution is 2.22. The van der Waals surface area contributed by atoms with E-state index in [1.807, 2.05) is 48.5 Å². The van der Waals surface area contributed by atoms with Crippen molar-refractivity contribution in [2.24, 2.45) is 11.5 Å². The molecule has 426 valence electrons. The van der Waals surface area contributed by atoms with Crippen LogP contribution in [0.2, 0.25) is 0 Å². The van der Waals surface area contributed by atoms with Crippen molar-refractivity contribution in [2.75, 3.05) is 73.9 Å². The van der Waals surface area contributed by atoms with Gasteiger partial charge in [0.1, 0.15) is 31.8 Å². The van der Waals surface area contributed by atoms with Gasteiger partial charge in [0.05, 0.1) is 51.8 Å². The molecule has 0 aromatic rings. The lowest BCUT2D eigenvalue weighted by Gasteiger charge is -2.15. The van der Waals surface area contributed by atoms with Gasteiger partial charge in [0.25, 0.3) is 0 Å². The topological polar surface area (TPSA) is 360 Å². The highest BCUT2D eigenvalue weighted by atomic mass is 79.9. The second-order valence-electron chi connectivity index (χ2n) is 11.9. The van der Waals surface area contributed by atoms with Gasteiger partial charge < -0.3 is 65.7 Å². The van der Waals surface area contributed by atoms with Crippen molar-refractivity contribution >= 4 is 98.2 Å². The normalized spacial score (nSPS) is 9.32. The van der Waals surface area contributed by atoms with Gasteiger partial charge in [-0.05, 0) is 19.3 Å². The molecule has 0 rings (SSSR count). The average molecular weight is 1140 g/mol. The van der Waals surface area contributed by atoms with Crippen LogP contribution in [-0.4, -0.2) is 156 Å². The molecule has 0 spiro atoms. The molecule has 71 heavy (non-hydrogen) atoms. The summed E-state index contributed by atoms with van der Waals surface area (Å²) >= 11 is 2.65. The third-order valence-electron chi connectivity index (χ3n) is 6.84. The largest absolute Gasteiger partial charge is 0.468 e. The lowest BCUT2D eigenvalue weighted by Crippen LogP contribution is -2.41. The van der Waals surface area contributed by atoms with Crippen molar-refractivity contribution in [3.8, 4) is 0 Å². The molecule has 2 unspecified atom stereocenters. The van der Waals surface area contributed by atoms with Crippen molar-refractivity contribution in [3.05, 3.63) is 0 Å². The summed E-state index contributed by atoms with van der Waals surface area (Å²) in [5.74, 6) is -1.95. The third kappa shape index (κ3) is 92.5. The molecule has 0 heterocycles. The van der Waals surface area contributed by atoms with Crippen LogP contribution in [0.15, 0.2) is 0 Å². The molecule has 0 aromatic carbocycles. The van der Waals surface area contributed by atoms with Gasteiger partial charge in [-0.2, -0.15) is 0 Å². The Hall–Kier alpha value is -4.24. The van der Waals surface area contributed by atoms with E-state index in [0.717, 1.165) is 13.5 Å². The van der Waals surface area contributed by atoms with Gasteiger partial charge in [-0.1, -0.05) is 116 Å². The van der Waals surface area contributed by atoms with Crippen LogP contribution < -0.4 is 32.7 Å². The summed E-state index contributed by atoms with van der Waals surface area (Å²) in [5, 5.41) is 23.7. The Labute approximate surface area is 441 Å². The number of carbonyl (C=O) groups excluding carboxylic acids is 10. The lowest BCUT2D eigenvalue weighted by molar-refractivity contribution is -0.145. The molecule has 0 radical (unpaired) electrons. The smallest absolute Gasteiger partial charge is 0.328 e. The number of esters is 4. The summed E-state index contributed by atoms with van der Waals surface area (Å²) in [6.07, 6.45) is 10.1. The van der Waals surface area contributed by atoms with Crippen LogP contribution in [0.1, 0.15) is 146 Å². The molecular formula is C45H96BrN6O17S2+. The first-order valence-electron chi connectivity index (χ1n) is 23.2. The van der Waals surface area contributed by atoms with E-state index in [9.17, 15) is 43.2 Å². The van der Waals surface area contributed by atoms with Crippen LogP contribution in [0.5, 0.6) is 0 Å². The fraction of sp³-hybridized carbons (Fsp3) is 0.778. The number of aliphatic hydroxyl groups excluding tert-OH is 1. The van der Waals surface area contributed by atoms with E-state index in [1.54, 1.807) is 7.11 Å². The van der Waals surface area contributed by atoms with Gasteiger partial charge in [-0.15, -0.1) is 0 Å². The average Bonchev–Trinajstić information content (AvgIpc) is 3.39. The highest BCUT2D eigenvalue weighted by Gasteiger charge is 2.20. The molecule has 0 aliphatic rings. The Morgan fingerprint density at radius 3 is 1.28 bits per heavy atom.